The van der Waals surface area contributed by atoms with Gasteiger partial charge in [-0.1, -0.05) is 30.3 Å². The van der Waals surface area contributed by atoms with E-state index in [1.807, 2.05) is 54.9 Å². The van der Waals surface area contributed by atoms with Gasteiger partial charge in [0, 0.05) is 18.0 Å². The van der Waals surface area contributed by atoms with Crippen molar-refractivity contribution in [3.05, 3.63) is 53.3 Å². The molecular formula is C16H20N2O2S. The molecule has 0 bridgehead atoms. The van der Waals surface area contributed by atoms with Crippen molar-refractivity contribution < 1.29 is 9.90 Å². The van der Waals surface area contributed by atoms with Gasteiger partial charge in [-0.3, -0.25) is 9.48 Å². The lowest BCUT2D eigenvalue weighted by molar-refractivity contribution is -0.136. The molecule has 0 spiro atoms. The smallest absolute Gasteiger partial charge is 0.316 e. The third-order valence-corrected chi connectivity index (χ3v) is 4.49. The fourth-order valence-electron chi connectivity index (χ4n) is 2.22. The lowest BCUT2D eigenvalue weighted by atomic mass is 10.1. The predicted octanol–water partition coefficient (Wildman–Crippen LogP) is 3.14. The van der Waals surface area contributed by atoms with E-state index in [-0.39, 0.29) is 0 Å². The quantitative estimate of drug-likeness (QED) is 0.854. The molecule has 21 heavy (non-hydrogen) atoms. The number of hydrogen-bond donors (Lipinski definition) is 1. The summed E-state index contributed by atoms with van der Waals surface area (Å²) in [6.07, 6.45) is 0.542. The Kier molecular flexibility index (Phi) is 5.44. The molecule has 2 rings (SSSR count). The Labute approximate surface area is 129 Å². The van der Waals surface area contributed by atoms with Crippen molar-refractivity contribution in [2.24, 2.45) is 0 Å². The van der Waals surface area contributed by atoms with E-state index in [4.69, 9.17) is 0 Å². The summed E-state index contributed by atoms with van der Waals surface area (Å²) < 4.78 is 1.93. The van der Waals surface area contributed by atoms with E-state index in [1.54, 1.807) is 0 Å². The van der Waals surface area contributed by atoms with Crippen molar-refractivity contribution in [3.63, 3.8) is 0 Å². The topological polar surface area (TPSA) is 55.1 Å². The number of carbonyl (C=O) groups is 1. The van der Waals surface area contributed by atoms with Crippen LogP contribution in [0.5, 0.6) is 0 Å². The highest BCUT2D eigenvalue weighted by atomic mass is 32.2. The SMILES string of the molecule is CCn1nc(C)cc1CSC(Cc1ccccc1)C(=O)O. The van der Waals surface area contributed by atoms with Gasteiger partial charge in [-0.2, -0.15) is 5.10 Å². The average molecular weight is 304 g/mol. The largest absolute Gasteiger partial charge is 0.480 e. The predicted molar refractivity (Wildman–Crippen MR) is 85.5 cm³/mol. The van der Waals surface area contributed by atoms with Crippen molar-refractivity contribution in [3.8, 4) is 0 Å². The van der Waals surface area contributed by atoms with Crippen LogP contribution in [0.15, 0.2) is 36.4 Å². The number of aryl methyl sites for hydroxylation is 2. The van der Waals surface area contributed by atoms with Crippen molar-refractivity contribution in [1.82, 2.24) is 9.78 Å². The number of carboxylic acids is 1. The van der Waals surface area contributed by atoms with Crippen LogP contribution in [0, 0.1) is 6.92 Å². The van der Waals surface area contributed by atoms with Crippen LogP contribution in [-0.4, -0.2) is 26.1 Å². The summed E-state index contributed by atoms with van der Waals surface area (Å²) in [6.45, 7) is 4.80. The highest BCUT2D eigenvalue weighted by molar-refractivity contribution is 7.99. The molecule has 1 atom stereocenters. The molecule has 1 N–H and O–H groups in total. The Bertz CT molecular complexity index is 596. The molecule has 1 heterocycles. The molecule has 0 amide bonds. The highest BCUT2D eigenvalue weighted by Crippen LogP contribution is 2.22. The minimum absolute atomic E-state index is 0.437. The molecule has 0 saturated heterocycles. The Hall–Kier alpha value is -1.75. The maximum atomic E-state index is 11.4. The Morgan fingerprint density at radius 1 is 1.38 bits per heavy atom. The van der Waals surface area contributed by atoms with Crippen molar-refractivity contribution >= 4 is 17.7 Å². The van der Waals surface area contributed by atoms with Gasteiger partial charge in [-0.15, -0.1) is 11.8 Å². The van der Waals surface area contributed by atoms with Gasteiger partial charge in [0.15, 0.2) is 0 Å². The summed E-state index contributed by atoms with van der Waals surface area (Å²) in [6, 6.07) is 11.8. The van der Waals surface area contributed by atoms with E-state index < -0.39 is 11.2 Å². The molecule has 0 aliphatic heterocycles. The summed E-state index contributed by atoms with van der Waals surface area (Å²) in [5.74, 6) is -0.0958. The van der Waals surface area contributed by atoms with E-state index in [9.17, 15) is 9.90 Å². The molecular weight excluding hydrogens is 284 g/mol. The lowest BCUT2D eigenvalue weighted by Crippen LogP contribution is -2.19. The molecule has 2 aromatic rings. The van der Waals surface area contributed by atoms with Crippen LogP contribution in [0.1, 0.15) is 23.9 Å². The van der Waals surface area contributed by atoms with Gasteiger partial charge in [0.1, 0.15) is 5.25 Å². The molecule has 0 aliphatic rings. The molecule has 0 radical (unpaired) electrons. The third kappa shape index (κ3) is 4.36. The van der Waals surface area contributed by atoms with Gasteiger partial charge in [0.05, 0.1) is 5.69 Å². The van der Waals surface area contributed by atoms with Crippen LogP contribution in [0.4, 0.5) is 0 Å². The number of thioether (sulfide) groups is 1. The number of carboxylic acid groups (broad SMARTS) is 1. The fraction of sp³-hybridized carbons (Fsp3) is 0.375. The fourth-order valence-corrected chi connectivity index (χ4v) is 3.28. The molecule has 4 nitrogen and oxygen atoms in total. The first-order valence-corrected chi connectivity index (χ1v) is 8.06. The van der Waals surface area contributed by atoms with Crippen LogP contribution >= 0.6 is 11.8 Å². The summed E-state index contributed by atoms with van der Waals surface area (Å²) in [5, 5.41) is 13.4. The monoisotopic (exact) mass is 304 g/mol. The molecule has 1 aromatic heterocycles. The van der Waals surface area contributed by atoms with Gasteiger partial charge in [-0.05, 0) is 31.9 Å². The average Bonchev–Trinajstić information content (AvgIpc) is 2.84. The first-order chi connectivity index (χ1) is 10.1. The van der Waals surface area contributed by atoms with Crippen LogP contribution < -0.4 is 0 Å². The number of nitrogens with zero attached hydrogens (tertiary/aromatic N) is 2. The minimum atomic E-state index is -0.761. The van der Waals surface area contributed by atoms with E-state index >= 15 is 0 Å². The van der Waals surface area contributed by atoms with Crippen LogP contribution in [-0.2, 0) is 23.5 Å². The normalized spacial score (nSPS) is 12.3. The maximum Gasteiger partial charge on any atom is 0.316 e. The first kappa shape index (κ1) is 15.6. The van der Waals surface area contributed by atoms with Gasteiger partial charge < -0.3 is 5.11 Å². The zero-order chi connectivity index (χ0) is 15.2. The molecule has 1 aromatic carbocycles. The summed E-state index contributed by atoms with van der Waals surface area (Å²) in [4.78, 5) is 11.4. The zero-order valence-electron chi connectivity index (χ0n) is 12.3. The second-order valence-electron chi connectivity index (χ2n) is 4.92. The zero-order valence-corrected chi connectivity index (χ0v) is 13.1. The first-order valence-electron chi connectivity index (χ1n) is 7.01. The van der Waals surface area contributed by atoms with Crippen LogP contribution in [0.2, 0.25) is 0 Å². The number of aromatic nitrogens is 2. The molecule has 5 heteroatoms. The summed E-state index contributed by atoms with van der Waals surface area (Å²) in [5.41, 5.74) is 3.11. The second-order valence-corrected chi connectivity index (χ2v) is 6.11. The number of benzene rings is 1. The summed E-state index contributed by atoms with van der Waals surface area (Å²) >= 11 is 1.46. The van der Waals surface area contributed by atoms with Gasteiger partial charge >= 0.3 is 5.97 Å². The van der Waals surface area contributed by atoms with Gasteiger partial charge in [-0.25, -0.2) is 0 Å². The van der Waals surface area contributed by atoms with Crippen molar-refractivity contribution in [1.29, 1.82) is 0 Å². The van der Waals surface area contributed by atoms with E-state index in [2.05, 4.69) is 5.10 Å². The summed E-state index contributed by atoms with van der Waals surface area (Å²) in [7, 11) is 0. The van der Waals surface area contributed by atoms with Crippen molar-refractivity contribution in [2.45, 2.75) is 37.8 Å². The van der Waals surface area contributed by atoms with Crippen LogP contribution in [0.3, 0.4) is 0 Å². The maximum absolute atomic E-state index is 11.4. The third-order valence-electron chi connectivity index (χ3n) is 3.26. The number of rotatable bonds is 7. The molecule has 1 unspecified atom stereocenters. The van der Waals surface area contributed by atoms with Gasteiger partial charge in [0.25, 0.3) is 0 Å². The number of hydrogen-bond acceptors (Lipinski definition) is 3. The van der Waals surface area contributed by atoms with Gasteiger partial charge in [0.2, 0.25) is 0 Å². The van der Waals surface area contributed by atoms with E-state index in [0.717, 1.165) is 23.5 Å². The second kappa shape index (κ2) is 7.31. The molecule has 112 valence electrons. The lowest BCUT2D eigenvalue weighted by Gasteiger charge is -2.12. The van der Waals surface area contributed by atoms with E-state index in [0.29, 0.717) is 12.2 Å². The standard InChI is InChI=1S/C16H20N2O2S/c1-3-18-14(9-12(2)17-18)11-21-15(16(19)20)10-13-7-5-4-6-8-13/h4-9,15H,3,10-11H2,1-2H3,(H,19,20). The molecule has 0 aliphatic carbocycles. The molecule has 0 fully saturated rings. The highest BCUT2D eigenvalue weighted by Gasteiger charge is 2.19. The number of aliphatic carboxylic acids is 1. The Morgan fingerprint density at radius 2 is 2.10 bits per heavy atom. The van der Waals surface area contributed by atoms with Crippen molar-refractivity contribution in [2.75, 3.05) is 0 Å². The van der Waals surface area contributed by atoms with Crippen LogP contribution in [0.25, 0.3) is 0 Å². The Balaban J connectivity index is 2.02. The molecule has 0 saturated carbocycles. The Morgan fingerprint density at radius 3 is 2.71 bits per heavy atom. The minimum Gasteiger partial charge on any atom is -0.480 e. The van der Waals surface area contributed by atoms with E-state index in [1.165, 1.54) is 11.8 Å².